The highest BCUT2D eigenvalue weighted by atomic mass is 19.3. The molecular weight excluding hydrogens is 344 g/mol. The number of ether oxygens (including phenoxy) is 1. The molecule has 3 rings (SSSR count). The standard InChI is InChI=1S/C19H13F2NO4/c20-19(21)26-15-4-2-1-3-12(15)5-9-17(23)22-14-7-8-16-13(11-14)6-10-18(24)25-16/h1-11,19H,(H,22,23)/b9-5+. The number of nitrogens with one attached hydrogen (secondary N) is 1. The first kappa shape index (κ1) is 17.3. The van der Waals surface area contributed by atoms with Crippen LogP contribution in [0.4, 0.5) is 14.5 Å². The van der Waals surface area contributed by atoms with Crippen LogP contribution in [0.2, 0.25) is 0 Å². The number of fused-ring (bicyclic) bond motifs is 1. The number of alkyl halides is 2. The number of hydrogen-bond acceptors (Lipinski definition) is 4. The molecule has 0 radical (unpaired) electrons. The fraction of sp³-hybridized carbons (Fsp3) is 0.0526. The van der Waals surface area contributed by atoms with Crippen molar-refractivity contribution in [3.63, 3.8) is 0 Å². The molecule has 1 N–H and O–H groups in total. The van der Waals surface area contributed by atoms with Crippen molar-refractivity contribution in [1.82, 2.24) is 0 Å². The molecule has 0 bridgehead atoms. The molecule has 0 atom stereocenters. The molecule has 26 heavy (non-hydrogen) atoms. The van der Waals surface area contributed by atoms with E-state index in [0.717, 1.165) is 0 Å². The summed E-state index contributed by atoms with van der Waals surface area (Å²) in [7, 11) is 0. The van der Waals surface area contributed by atoms with Crippen molar-refractivity contribution in [2.45, 2.75) is 6.61 Å². The molecule has 0 saturated heterocycles. The molecule has 0 saturated carbocycles. The Morgan fingerprint density at radius 2 is 1.92 bits per heavy atom. The van der Waals surface area contributed by atoms with E-state index in [2.05, 4.69) is 10.1 Å². The summed E-state index contributed by atoms with van der Waals surface area (Å²) in [4.78, 5) is 23.2. The zero-order chi connectivity index (χ0) is 18.5. The van der Waals surface area contributed by atoms with Gasteiger partial charge in [0.2, 0.25) is 5.91 Å². The van der Waals surface area contributed by atoms with Crippen LogP contribution in [-0.2, 0) is 4.79 Å². The zero-order valence-corrected chi connectivity index (χ0v) is 13.3. The first-order chi connectivity index (χ1) is 12.5. The lowest BCUT2D eigenvalue weighted by molar-refractivity contribution is -0.111. The first-order valence-corrected chi connectivity index (χ1v) is 7.58. The molecule has 0 unspecified atom stereocenters. The van der Waals surface area contributed by atoms with Crippen molar-refractivity contribution in [2.75, 3.05) is 5.32 Å². The van der Waals surface area contributed by atoms with E-state index in [4.69, 9.17) is 4.42 Å². The maximum Gasteiger partial charge on any atom is 0.387 e. The van der Waals surface area contributed by atoms with E-state index in [1.54, 1.807) is 42.5 Å². The van der Waals surface area contributed by atoms with Crippen molar-refractivity contribution >= 4 is 28.6 Å². The summed E-state index contributed by atoms with van der Waals surface area (Å²) in [5.41, 5.74) is 0.798. The van der Waals surface area contributed by atoms with E-state index >= 15 is 0 Å². The van der Waals surface area contributed by atoms with Crippen LogP contribution in [0, 0.1) is 0 Å². The third-order valence-corrected chi connectivity index (χ3v) is 3.44. The molecule has 5 nitrogen and oxygen atoms in total. The second-order valence-electron chi connectivity index (χ2n) is 5.25. The fourth-order valence-electron chi connectivity index (χ4n) is 2.32. The number of para-hydroxylation sites is 1. The van der Waals surface area contributed by atoms with E-state index in [1.165, 1.54) is 24.3 Å². The predicted octanol–water partition coefficient (Wildman–Crippen LogP) is 4.05. The Hall–Kier alpha value is -3.48. The van der Waals surface area contributed by atoms with Gasteiger partial charge in [0.25, 0.3) is 0 Å². The van der Waals surface area contributed by atoms with Gasteiger partial charge in [0.1, 0.15) is 11.3 Å². The number of carbonyl (C=O) groups excluding carboxylic acids is 1. The minimum absolute atomic E-state index is 0.0210. The van der Waals surface area contributed by atoms with Crippen LogP contribution in [0.15, 0.2) is 69.9 Å². The van der Waals surface area contributed by atoms with Crippen molar-refractivity contribution in [3.05, 3.63) is 76.7 Å². The lowest BCUT2D eigenvalue weighted by Crippen LogP contribution is -2.08. The minimum atomic E-state index is -2.95. The van der Waals surface area contributed by atoms with Crippen molar-refractivity contribution < 1.29 is 22.7 Å². The van der Waals surface area contributed by atoms with E-state index in [0.29, 0.717) is 22.2 Å². The summed E-state index contributed by atoms with van der Waals surface area (Å²) in [6.45, 7) is -2.95. The van der Waals surface area contributed by atoms with Crippen LogP contribution in [0.25, 0.3) is 17.0 Å². The highest BCUT2D eigenvalue weighted by Gasteiger charge is 2.07. The highest BCUT2D eigenvalue weighted by Crippen LogP contribution is 2.22. The number of hydrogen-bond donors (Lipinski definition) is 1. The lowest BCUT2D eigenvalue weighted by Gasteiger charge is -2.07. The molecule has 0 spiro atoms. The summed E-state index contributed by atoms with van der Waals surface area (Å²) in [5, 5.41) is 3.30. The van der Waals surface area contributed by atoms with Gasteiger partial charge in [0.15, 0.2) is 0 Å². The van der Waals surface area contributed by atoms with E-state index in [1.807, 2.05) is 0 Å². The van der Waals surface area contributed by atoms with Crippen molar-refractivity contribution in [3.8, 4) is 5.75 Å². The molecule has 0 fully saturated rings. The molecular formula is C19H13F2NO4. The van der Waals surface area contributed by atoms with E-state index < -0.39 is 18.1 Å². The molecule has 0 aliphatic rings. The number of benzene rings is 2. The topological polar surface area (TPSA) is 68.5 Å². The summed E-state index contributed by atoms with van der Waals surface area (Å²) in [6, 6.07) is 13.8. The average Bonchev–Trinajstić information content (AvgIpc) is 2.60. The third kappa shape index (κ3) is 4.32. The Balaban J connectivity index is 1.74. The van der Waals surface area contributed by atoms with Gasteiger partial charge in [-0.25, -0.2) is 4.79 Å². The molecule has 2 aromatic carbocycles. The Bertz CT molecular complexity index is 1030. The third-order valence-electron chi connectivity index (χ3n) is 3.44. The number of carbonyl (C=O) groups is 1. The van der Waals surface area contributed by atoms with Gasteiger partial charge in [0.05, 0.1) is 0 Å². The van der Waals surface area contributed by atoms with E-state index in [-0.39, 0.29) is 5.75 Å². The zero-order valence-electron chi connectivity index (χ0n) is 13.3. The van der Waals surface area contributed by atoms with Crippen LogP contribution in [0.3, 0.4) is 0 Å². The summed E-state index contributed by atoms with van der Waals surface area (Å²) < 4.78 is 34.2. The maximum atomic E-state index is 12.4. The molecule has 3 aromatic rings. The first-order valence-electron chi connectivity index (χ1n) is 7.58. The molecule has 132 valence electrons. The molecule has 7 heteroatoms. The molecule has 1 amide bonds. The highest BCUT2D eigenvalue weighted by molar-refractivity contribution is 6.03. The summed E-state index contributed by atoms with van der Waals surface area (Å²) in [6.07, 6.45) is 2.59. The predicted molar refractivity (Wildman–Crippen MR) is 93.2 cm³/mol. The van der Waals surface area contributed by atoms with Crippen molar-refractivity contribution in [2.24, 2.45) is 0 Å². The summed E-state index contributed by atoms with van der Waals surface area (Å²) in [5.74, 6) is -0.471. The average molecular weight is 357 g/mol. The van der Waals surface area contributed by atoms with Gasteiger partial charge in [-0.3, -0.25) is 4.79 Å². The van der Waals surface area contributed by atoms with Gasteiger partial charge in [-0.2, -0.15) is 8.78 Å². The quantitative estimate of drug-likeness (QED) is 0.553. The second-order valence-corrected chi connectivity index (χ2v) is 5.25. The Morgan fingerprint density at radius 1 is 1.12 bits per heavy atom. The van der Waals surface area contributed by atoms with Crippen LogP contribution in [-0.4, -0.2) is 12.5 Å². The number of anilines is 1. The van der Waals surface area contributed by atoms with Crippen LogP contribution in [0.5, 0.6) is 5.75 Å². The molecule has 1 aromatic heterocycles. The van der Waals surface area contributed by atoms with Gasteiger partial charge in [0, 0.05) is 28.8 Å². The van der Waals surface area contributed by atoms with Gasteiger partial charge < -0.3 is 14.5 Å². The van der Waals surface area contributed by atoms with Crippen LogP contribution in [0.1, 0.15) is 5.56 Å². The smallest absolute Gasteiger partial charge is 0.387 e. The Labute approximate surface area is 146 Å². The normalized spacial score (nSPS) is 11.2. The Morgan fingerprint density at radius 3 is 2.73 bits per heavy atom. The SMILES string of the molecule is O=C(/C=C/c1ccccc1OC(F)F)Nc1ccc2oc(=O)ccc2c1. The largest absolute Gasteiger partial charge is 0.434 e. The fourth-order valence-corrected chi connectivity index (χ4v) is 2.32. The van der Waals surface area contributed by atoms with Gasteiger partial charge in [-0.15, -0.1) is 0 Å². The lowest BCUT2D eigenvalue weighted by atomic mass is 10.2. The van der Waals surface area contributed by atoms with E-state index in [9.17, 15) is 18.4 Å². The minimum Gasteiger partial charge on any atom is -0.434 e. The van der Waals surface area contributed by atoms with Gasteiger partial charge in [-0.05, 0) is 36.4 Å². The number of rotatable bonds is 5. The van der Waals surface area contributed by atoms with Gasteiger partial charge >= 0.3 is 12.2 Å². The molecule has 1 heterocycles. The molecule has 0 aliphatic carbocycles. The monoisotopic (exact) mass is 357 g/mol. The number of halogens is 2. The van der Waals surface area contributed by atoms with Crippen LogP contribution < -0.4 is 15.7 Å². The molecule has 0 aliphatic heterocycles. The summed E-state index contributed by atoms with van der Waals surface area (Å²) >= 11 is 0. The maximum absolute atomic E-state index is 12.4. The van der Waals surface area contributed by atoms with Crippen molar-refractivity contribution in [1.29, 1.82) is 0 Å². The second kappa shape index (κ2) is 7.60. The number of amides is 1. The van der Waals surface area contributed by atoms with Crippen LogP contribution >= 0.6 is 0 Å². The van der Waals surface area contributed by atoms with Gasteiger partial charge in [-0.1, -0.05) is 18.2 Å². The Kier molecular flexibility index (Phi) is 5.07.